The van der Waals surface area contributed by atoms with E-state index in [0.717, 1.165) is 44.9 Å². The molecule has 0 aliphatic rings. The van der Waals surface area contributed by atoms with Gasteiger partial charge in [0.05, 0.1) is 12.6 Å². The Morgan fingerprint density at radius 3 is 2.35 bits per heavy atom. The fourth-order valence-electron chi connectivity index (χ4n) is 3.40. The van der Waals surface area contributed by atoms with E-state index in [2.05, 4.69) is 55.0 Å². The van der Waals surface area contributed by atoms with Gasteiger partial charge in [-0.2, -0.15) is 0 Å². The molecule has 0 amide bonds. The van der Waals surface area contributed by atoms with Gasteiger partial charge in [-0.05, 0) is 80.3 Å². The van der Waals surface area contributed by atoms with E-state index in [0.29, 0.717) is 6.04 Å². The smallest absolute Gasteiger partial charge is 0.127 e. The topological polar surface area (TPSA) is 47.0 Å². The Labute approximate surface area is 183 Å². The Bertz CT molecular complexity index is 1260. The Morgan fingerprint density at radius 1 is 0.903 bits per heavy atom. The minimum atomic E-state index is 0.345. The van der Waals surface area contributed by atoms with E-state index in [1.807, 2.05) is 54.7 Å². The van der Waals surface area contributed by atoms with E-state index >= 15 is 0 Å². The molecule has 154 valence electrons. The number of aryl methyl sites for hydroxylation is 1. The Kier molecular flexibility index (Phi) is 5.86. The fraction of sp³-hybridized carbons (Fsp3) is 0.185. The average Bonchev–Trinajstić information content (AvgIpc) is 2.78. The average molecular weight is 408 g/mol. The number of methoxy groups -OCH3 is 1. The molecule has 4 rings (SSSR count). The standard InChI is InChI=1S/C27H25N3O/c1-18(2)29-27-15-19(3)25-16-20(6-14-26(25)30-27)5-10-23-11-7-22(17-28-23)21-8-12-24(31-4)13-9-21/h6-9,11-18H,1-4H3,(H,29,30). The maximum atomic E-state index is 5.21. The third-order valence-corrected chi connectivity index (χ3v) is 4.97. The third-order valence-electron chi connectivity index (χ3n) is 4.97. The molecule has 31 heavy (non-hydrogen) atoms. The minimum absolute atomic E-state index is 0.345. The number of anilines is 1. The maximum Gasteiger partial charge on any atom is 0.127 e. The quantitative estimate of drug-likeness (QED) is 0.432. The van der Waals surface area contributed by atoms with Gasteiger partial charge >= 0.3 is 0 Å². The van der Waals surface area contributed by atoms with Crippen LogP contribution in [0.4, 0.5) is 5.82 Å². The van der Waals surface area contributed by atoms with Crippen LogP contribution in [0.25, 0.3) is 22.0 Å². The predicted octanol–water partition coefficient (Wildman–Crippen LogP) is 5.83. The molecule has 2 aromatic carbocycles. The number of fused-ring (bicyclic) bond motifs is 1. The van der Waals surface area contributed by atoms with Gasteiger partial charge in [0.2, 0.25) is 0 Å². The molecule has 0 radical (unpaired) electrons. The Balaban J connectivity index is 1.55. The number of nitrogens with one attached hydrogen (secondary N) is 1. The lowest BCUT2D eigenvalue weighted by molar-refractivity contribution is 0.415. The Morgan fingerprint density at radius 2 is 1.68 bits per heavy atom. The number of hydrogen-bond donors (Lipinski definition) is 1. The number of aromatic nitrogens is 2. The zero-order valence-corrected chi connectivity index (χ0v) is 18.2. The first-order chi connectivity index (χ1) is 15.0. The van der Waals surface area contributed by atoms with Crippen molar-refractivity contribution in [2.24, 2.45) is 0 Å². The van der Waals surface area contributed by atoms with Crippen LogP contribution in [0.15, 0.2) is 66.9 Å². The second kappa shape index (κ2) is 8.89. The molecule has 0 unspecified atom stereocenters. The van der Waals surface area contributed by atoms with E-state index < -0.39 is 0 Å². The highest BCUT2D eigenvalue weighted by Crippen LogP contribution is 2.23. The van der Waals surface area contributed by atoms with Gasteiger partial charge in [-0.15, -0.1) is 0 Å². The number of ether oxygens (including phenoxy) is 1. The zero-order valence-electron chi connectivity index (χ0n) is 18.2. The molecule has 2 aromatic heterocycles. The van der Waals surface area contributed by atoms with E-state index in [4.69, 9.17) is 9.72 Å². The summed E-state index contributed by atoms with van der Waals surface area (Å²) in [7, 11) is 1.67. The summed E-state index contributed by atoms with van der Waals surface area (Å²) >= 11 is 0. The summed E-state index contributed by atoms with van der Waals surface area (Å²) in [6.07, 6.45) is 1.85. The van der Waals surface area contributed by atoms with Gasteiger partial charge in [0, 0.05) is 28.8 Å². The van der Waals surface area contributed by atoms with Gasteiger partial charge in [-0.1, -0.05) is 24.1 Å². The van der Waals surface area contributed by atoms with Crippen LogP contribution >= 0.6 is 0 Å². The lowest BCUT2D eigenvalue weighted by Gasteiger charge is -2.11. The molecule has 4 aromatic rings. The SMILES string of the molecule is COc1ccc(-c2ccc(C#Cc3ccc4nc(NC(C)C)cc(C)c4c3)nc2)cc1. The van der Waals surface area contributed by atoms with Gasteiger partial charge < -0.3 is 10.1 Å². The lowest BCUT2D eigenvalue weighted by Crippen LogP contribution is -2.11. The molecule has 4 nitrogen and oxygen atoms in total. The lowest BCUT2D eigenvalue weighted by atomic mass is 10.1. The summed E-state index contributed by atoms with van der Waals surface area (Å²) in [5.74, 6) is 8.14. The largest absolute Gasteiger partial charge is 0.497 e. The second-order valence-electron chi connectivity index (χ2n) is 7.77. The van der Waals surface area contributed by atoms with Crippen molar-refractivity contribution in [3.05, 3.63) is 83.7 Å². The van der Waals surface area contributed by atoms with Gasteiger partial charge in [-0.3, -0.25) is 0 Å². The van der Waals surface area contributed by atoms with Gasteiger partial charge in [0.1, 0.15) is 17.3 Å². The van der Waals surface area contributed by atoms with Gasteiger partial charge in [0.15, 0.2) is 0 Å². The molecule has 0 aliphatic heterocycles. The van der Waals surface area contributed by atoms with Crippen LogP contribution in [0.2, 0.25) is 0 Å². The molecular weight excluding hydrogens is 382 g/mol. The molecule has 4 heteroatoms. The highest BCUT2D eigenvalue weighted by atomic mass is 16.5. The van der Waals surface area contributed by atoms with Crippen LogP contribution in [0, 0.1) is 18.8 Å². The second-order valence-corrected chi connectivity index (χ2v) is 7.77. The van der Waals surface area contributed by atoms with Crippen molar-refractivity contribution in [2.45, 2.75) is 26.8 Å². The number of rotatable bonds is 4. The summed E-state index contributed by atoms with van der Waals surface area (Å²) in [5.41, 5.74) is 5.98. The van der Waals surface area contributed by atoms with Crippen LogP contribution in [0.1, 0.15) is 30.7 Å². The van der Waals surface area contributed by atoms with Crippen molar-refractivity contribution in [1.29, 1.82) is 0 Å². The molecule has 0 bridgehead atoms. The molecule has 2 heterocycles. The molecule has 0 aliphatic carbocycles. The molecule has 0 saturated heterocycles. The van der Waals surface area contributed by atoms with Crippen molar-refractivity contribution in [1.82, 2.24) is 9.97 Å². The molecule has 0 saturated carbocycles. The van der Waals surface area contributed by atoms with Gasteiger partial charge in [0.25, 0.3) is 0 Å². The highest BCUT2D eigenvalue weighted by Gasteiger charge is 2.05. The first kappa shape index (κ1) is 20.4. The van der Waals surface area contributed by atoms with Crippen molar-refractivity contribution < 1.29 is 4.74 Å². The zero-order chi connectivity index (χ0) is 21.8. The first-order valence-corrected chi connectivity index (χ1v) is 10.3. The monoisotopic (exact) mass is 407 g/mol. The summed E-state index contributed by atoms with van der Waals surface area (Å²) in [6, 6.07) is 20.5. The van der Waals surface area contributed by atoms with Crippen molar-refractivity contribution >= 4 is 16.7 Å². The molecule has 0 fully saturated rings. The summed E-state index contributed by atoms with van der Waals surface area (Å²) in [4.78, 5) is 9.21. The van der Waals surface area contributed by atoms with E-state index in [-0.39, 0.29) is 0 Å². The molecule has 0 spiro atoms. The van der Waals surface area contributed by atoms with Crippen LogP contribution in [-0.4, -0.2) is 23.1 Å². The fourth-order valence-corrected chi connectivity index (χ4v) is 3.40. The van der Waals surface area contributed by atoms with Crippen LogP contribution in [0.3, 0.4) is 0 Å². The summed E-state index contributed by atoms with van der Waals surface area (Å²) in [6.45, 7) is 6.32. The van der Waals surface area contributed by atoms with Crippen LogP contribution in [0.5, 0.6) is 5.75 Å². The van der Waals surface area contributed by atoms with Crippen LogP contribution < -0.4 is 10.1 Å². The van der Waals surface area contributed by atoms with Crippen molar-refractivity contribution in [3.63, 3.8) is 0 Å². The van der Waals surface area contributed by atoms with E-state index in [1.54, 1.807) is 7.11 Å². The number of benzene rings is 2. The van der Waals surface area contributed by atoms with Crippen molar-refractivity contribution in [3.8, 4) is 28.7 Å². The van der Waals surface area contributed by atoms with E-state index in [1.165, 1.54) is 5.56 Å². The Hall–Kier alpha value is -3.84. The summed E-state index contributed by atoms with van der Waals surface area (Å²) < 4.78 is 5.21. The van der Waals surface area contributed by atoms with Gasteiger partial charge in [-0.25, -0.2) is 9.97 Å². The first-order valence-electron chi connectivity index (χ1n) is 10.3. The predicted molar refractivity (Wildman–Crippen MR) is 127 cm³/mol. The number of hydrogen-bond acceptors (Lipinski definition) is 4. The van der Waals surface area contributed by atoms with Crippen LogP contribution in [-0.2, 0) is 0 Å². The van der Waals surface area contributed by atoms with Crippen molar-refractivity contribution in [2.75, 3.05) is 12.4 Å². The normalized spacial score (nSPS) is 10.6. The summed E-state index contributed by atoms with van der Waals surface area (Å²) in [5, 5.41) is 4.48. The molecule has 0 atom stereocenters. The molecular formula is C27H25N3O. The highest BCUT2D eigenvalue weighted by molar-refractivity contribution is 5.85. The molecule has 1 N–H and O–H groups in total. The maximum absolute atomic E-state index is 5.21. The third kappa shape index (κ3) is 4.84. The number of nitrogens with zero attached hydrogens (tertiary/aromatic N) is 2. The minimum Gasteiger partial charge on any atom is -0.497 e. The number of pyridine rings is 2. The van der Waals surface area contributed by atoms with E-state index in [9.17, 15) is 0 Å².